The Morgan fingerprint density at radius 1 is 1.30 bits per heavy atom. The number of nitriles is 1. The summed E-state index contributed by atoms with van der Waals surface area (Å²) in [7, 11) is 0. The lowest BCUT2D eigenvalue weighted by Crippen LogP contribution is -2.45. The topological polar surface area (TPSA) is 60.7 Å². The van der Waals surface area contributed by atoms with Crippen molar-refractivity contribution in [3.63, 3.8) is 0 Å². The third-order valence-electron chi connectivity index (χ3n) is 4.55. The van der Waals surface area contributed by atoms with Crippen molar-refractivity contribution in [3.05, 3.63) is 22.9 Å². The molecule has 2 heterocycles. The number of hydrogen-bond acceptors (Lipinski definition) is 4. The fraction of sp³-hybridized carbons (Fsp3) is 0.625. The lowest BCUT2D eigenvalue weighted by atomic mass is 9.90. The van der Waals surface area contributed by atoms with Gasteiger partial charge in [-0.15, -0.1) is 0 Å². The van der Waals surface area contributed by atoms with Crippen LogP contribution < -0.4 is 10.6 Å². The first-order valence-corrected chi connectivity index (χ1v) is 7.62. The lowest BCUT2D eigenvalue weighted by Gasteiger charge is -2.36. The molecule has 0 spiro atoms. The molecule has 2 aliphatic rings. The maximum absolute atomic E-state index is 9.39. The Labute approximate surface area is 120 Å². The van der Waals surface area contributed by atoms with Gasteiger partial charge in [-0.25, -0.2) is 4.98 Å². The first kappa shape index (κ1) is 13.4. The molecule has 3 rings (SSSR count). The third kappa shape index (κ3) is 2.64. The lowest BCUT2D eigenvalue weighted by molar-refractivity contribution is 0.364. The number of fused-ring (bicyclic) bond motifs is 1. The van der Waals surface area contributed by atoms with Crippen LogP contribution in [-0.4, -0.2) is 23.6 Å². The SMILES string of the molecule is CC1(Nc2nc3c(cc2C#N)CCCC3)CCNCC1. The average molecular weight is 270 g/mol. The zero-order valence-electron chi connectivity index (χ0n) is 12.1. The van der Waals surface area contributed by atoms with E-state index >= 15 is 0 Å². The van der Waals surface area contributed by atoms with Gasteiger partial charge in [-0.05, 0) is 70.2 Å². The second-order valence-electron chi connectivity index (χ2n) is 6.24. The van der Waals surface area contributed by atoms with Gasteiger partial charge in [0, 0.05) is 11.2 Å². The summed E-state index contributed by atoms with van der Waals surface area (Å²) in [6, 6.07) is 4.36. The first-order chi connectivity index (χ1) is 9.70. The van der Waals surface area contributed by atoms with E-state index < -0.39 is 0 Å². The quantitative estimate of drug-likeness (QED) is 0.866. The van der Waals surface area contributed by atoms with Crippen LogP contribution in [0.15, 0.2) is 6.07 Å². The molecule has 1 aliphatic heterocycles. The van der Waals surface area contributed by atoms with E-state index in [2.05, 4.69) is 23.6 Å². The van der Waals surface area contributed by atoms with E-state index in [1.807, 2.05) is 6.07 Å². The summed E-state index contributed by atoms with van der Waals surface area (Å²) in [5.41, 5.74) is 3.21. The molecule has 0 amide bonds. The largest absolute Gasteiger partial charge is 0.364 e. The number of pyridine rings is 1. The normalized spacial score (nSPS) is 20.8. The Morgan fingerprint density at radius 2 is 2.05 bits per heavy atom. The summed E-state index contributed by atoms with van der Waals surface area (Å²) in [6.45, 7) is 4.28. The highest BCUT2D eigenvalue weighted by Crippen LogP contribution is 2.28. The predicted molar refractivity (Wildman–Crippen MR) is 79.7 cm³/mol. The molecule has 1 fully saturated rings. The molecule has 1 aliphatic carbocycles. The van der Waals surface area contributed by atoms with Gasteiger partial charge in [0.15, 0.2) is 0 Å². The van der Waals surface area contributed by atoms with Crippen molar-refractivity contribution in [1.29, 1.82) is 5.26 Å². The monoisotopic (exact) mass is 270 g/mol. The third-order valence-corrected chi connectivity index (χ3v) is 4.55. The van der Waals surface area contributed by atoms with Gasteiger partial charge in [0.25, 0.3) is 0 Å². The van der Waals surface area contributed by atoms with Crippen LogP contribution in [0.5, 0.6) is 0 Å². The molecule has 0 atom stereocenters. The number of piperidine rings is 1. The Hall–Kier alpha value is -1.60. The van der Waals surface area contributed by atoms with Crippen molar-refractivity contribution in [3.8, 4) is 6.07 Å². The van der Waals surface area contributed by atoms with E-state index in [1.54, 1.807) is 0 Å². The Bertz CT molecular complexity index is 538. The number of nitrogens with zero attached hydrogens (tertiary/aromatic N) is 2. The average Bonchev–Trinajstić information content (AvgIpc) is 2.47. The van der Waals surface area contributed by atoms with Crippen molar-refractivity contribution in [2.45, 2.75) is 51.0 Å². The molecular weight excluding hydrogens is 248 g/mol. The summed E-state index contributed by atoms with van der Waals surface area (Å²) < 4.78 is 0. The van der Waals surface area contributed by atoms with E-state index in [0.717, 1.165) is 44.6 Å². The highest BCUT2D eigenvalue weighted by Gasteiger charge is 2.28. The Balaban J connectivity index is 1.90. The molecule has 0 bridgehead atoms. The van der Waals surface area contributed by atoms with Gasteiger partial charge in [-0.2, -0.15) is 5.26 Å². The van der Waals surface area contributed by atoms with Crippen LogP contribution in [0.2, 0.25) is 0 Å². The summed E-state index contributed by atoms with van der Waals surface area (Å²) in [5, 5.41) is 16.3. The Kier molecular flexibility index (Phi) is 3.62. The van der Waals surface area contributed by atoms with Gasteiger partial charge in [0.2, 0.25) is 0 Å². The number of anilines is 1. The summed E-state index contributed by atoms with van der Waals surface area (Å²) >= 11 is 0. The smallest absolute Gasteiger partial charge is 0.144 e. The number of hydrogen-bond donors (Lipinski definition) is 2. The van der Waals surface area contributed by atoms with Crippen molar-refractivity contribution >= 4 is 5.82 Å². The molecule has 2 N–H and O–H groups in total. The van der Waals surface area contributed by atoms with Crippen molar-refractivity contribution in [2.75, 3.05) is 18.4 Å². The minimum Gasteiger partial charge on any atom is -0.364 e. The zero-order valence-corrected chi connectivity index (χ0v) is 12.1. The summed E-state index contributed by atoms with van der Waals surface area (Å²) in [4.78, 5) is 4.77. The number of nitrogens with one attached hydrogen (secondary N) is 2. The van der Waals surface area contributed by atoms with Gasteiger partial charge in [-0.1, -0.05) is 0 Å². The van der Waals surface area contributed by atoms with E-state index in [-0.39, 0.29) is 5.54 Å². The molecule has 0 radical (unpaired) electrons. The van der Waals surface area contributed by atoms with E-state index in [9.17, 15) is 5.26 Å². The number of aromatic nitrogens is 1. The van der Waals surface area contributed by atoms with Crippen molar-refractivity contribution in [1.82, 2.24) is 10.3 Å². The van der Waals surface area contributed by atoms with Crippen LogP contribution in [0.3, 0.4) is 0 Å². The van der Waals surface area contributed by atoms with Gasteiger partial charge in [0.05, 0.1) is 5.56 Å². The molecule has 1 aromatic rings. The molecule has 106 valence electrons. The first-order valence-electron chi connectivity index (χ1n) is 7.62. The Morgan fingerprint density at radius 3 is 2.80 bits per heavy atom. The molecule has 0 saturated carbocycles. The second-order valence-corrected chi connectivity index (χ2v) is 6.24. The maximum Gasteiger partial charge on any atom is 0.144 e. The van der Waals surface area contributed by atoms with Crippen LogP contribution in [0, 0.1) is 11.3 Å². The molecule has 0 aromatic carbocycles. The molecule has 1 aromatic heterocycles. The summed E-state index contributed by atoms with van der Waals surface area (Å²) in [5.74, 6) is 0.789. The standard InChI is InChI=1S/C16H22N4/c1-16(6-8-18-9-7-16)20-15-13(11-17)10-12-4-2-3-5-14(12)19-15/h10,18H,2-9H2,1H3,(H,19,20). The molecular formula is C16H22N4. The molecule has 4 heteroatoms. The van der Waals surface area contributed by atoms with Crippen LogP contribution in [0.25, 0.3) is 0 Å². The molecule has 20 heavy (non-hydrogen) atoms. The van der Waals surface area contributed by atoms with Gasteiger partial charge >= 0.3 is 0 Å². The van der Waals surface area contributed by atoms with Gasteiger partial charge in [-0.3, -0.25) is 0 Å². The fourth-order valence-corrected chi connectivity index (χ4v) is 3.20. The van der Waals surface area contributed by atoms with Gasteiger partial charge < -0.3 is 10.6 Å². The number of aryl methyl sites for hydroxylation is 2. The van der Waals surface area contributed by atoms with Crippen LogP contribution in [0.1, 0.15) is 49.4 Å². The van der Waals surface area contributed by atoms with E-state index in [0.29, 0.717) is 5.56 Å². The van der Waals surface area contributed by atoms with Crippen LogP contribution >= 0.6 is 0 Å². The van der Waals surface area contributed by atoms with E-state index in [4.69, 9.17) is 4.98 Å². The van der Waals surface area contributed by atoms with E-state index in [1.165, 1.54) is 24.1 Å². The molecule has 1 saturated heterocycles. The zero-order chi connectivity index (χ0) is 14.0. The van der Waals surface area contributed by atoms with Gasteiger partial charge in [0.1, 0.15) is 11.9 Å². The summed E-state index contributed by atoms with van der Waals surface area (Å²) in [6.07, 6.45) is 6.68. The van der Waals surface area contributed by atoms with Crippen molar-refractivity contribution < 1.29 is 0 Å². The fourth-order valence-electron chi connectivity index (χ4n) is 3.20. The van der Waals surface area contributed by atoms with Crippen LogP contribution in [0.4, 0.5) is 5.82 Å². The van der Waals surface area contributed by atoms with Crippen LogP contribution in [-0.2, 0) is 12.8 Å². The minimum atomic E-state index is 0.0484. The second kappa shape index (κ2) is 5.41. The molecule has 4 nitrogen and oxygen atoms in total. The molecule has 0 unspecified atom stereocenters. The predicted octanol–water partition coefficient (Wildman–Crippen LogP) is 2.39. The van der Waals surface area contributed by atoms with Crippen molar-refractivity contribution in [2.24, 2.45) is 0 Å². The number of rotatable bonds is 2. The highest BCUT2D eigenvalue weighted by atomic mass is 15.1. The maximum atomic E-state index is 9.39. The highest BCUT2D eigenvalue weighted by molar-refractivity contribution is 5.56. The minimum absolute atomic E-state index is 0.0484.